The van der Waals surface area contributed by atoms with Crippen LogP contribution >= 0.6 is 0 Å². The van der Waals surface area contributed by atoms with Crippen LogP contribution in [0.15, 0.2) is 37.1 Å². The van der Waals surface area contributed by atoms with Gasteiger partial charge in [0.1, 0.15) is 0 Å². The van der Waals surface area contributed by atoms with E-state index in [1.54, 1.807) is 0 Å². The molecule has 2 heteroatoms. The largest absolute Gasteiger partial charge is 0.435 e. The van der Waals surface area contributed by atoms with Crippen LogP contribution in [-0.4, -0.2) is 5.97 Å². The molecule has 1 aliphatic rings. The average molecular weight is 194 g/mol. The summed E-state index contributed by atoms with van der Waals surface area (Å²) in [5, 5.41) is 0. The molecule has 0 saturated heterocycles. The van der Waals surface area contributed by atoms with Gasteiger partial charge in [0.05, 0.1) is 6.26 Å². The van der Waals surface area contributed by atoms with Gasteiger partial charge in [-0.05, 0) is 25.7 Å². The molecule has 0 unspecified atom stereocenters. The van der Waals surface area contributed by atoms with Gasteiger partial charge in [-0.3, -0.25) is 4.79 Å². The molecule has 0 aromatic rings. The van der Waals surface area contributed by atoms with Gasteiger partial charge in [-0.2, -0.15) is 0 Å². The standard InChI is InChI=1S/C8H12.C4H6O2/c1-2-8-6-4-3-5-7-8;1-3-6-4(2)5/h2,6H,1,3-5,7H2;3H,1H2,2H3. The van der Waals surface area contributed by atoms with Crippen LogP contribution in [0.4, 0.5) is 0 Å². The van der Waals surface area contributed by atoms with Gasteiger partial charge in [-0.1, -0.05) is 30.9 Å². The van der Waals surface area contributed by atoms with Crippen LogP contribution < -0.4 is 0 Å². The van der Waals surface area contributed by atoms with Crippen molar-refractivity contribution in [3.8, 4) is 0 Å². The lowest BCUT2D eigenvalue weighted by Gasteiger charge is -2.06. The van der Waals surface area contributed by atoms with Crippen molar-refractivity contribution in [2.75, 3.05) is 0 Å². The Morgan fingerprint density at radius 1 is 1.50 bits per heavy atom. The lowest BCUT2D eigenvalue weighted by atomic mass is 10.0. The van der Waals surface area contributed by atoms with E-state index in [1.165, 1.54) is 38.2 Å². The molecule has 14 heavy (non-hydrogen) atoms. The van der Waals surface area contributed by atoms with E-state index in [0.29, 0.717) is 0 Å². The molecule has 0 atom stereocenters. The number of rotatable bonds is 2. The number of carbonyl (C=O) groups is 1. The third-order valence-corrected chi connectivity index (χ3v) is 1.84. The third-order valence-electron chi connectivity index (χ3n) is 1.84. The lowest BCUT2D eigenvalue weighted by molar-refractivity contribution is -0.135. The Bertz CT molecular complexity index is 226. The van der Waals surface area contributed by atoms with E-state index < -0.39 is 0 Å². The van der Waals surface area contributed by atoms with Crippen LogP contribution in [0.5, 0.6) is 0 Å². The van der Waals surface area contributed by atoms with Crippen LogP contribution in [0, 0.1) is 0 Å². The van der Waals surface area contributed by atoms with E-state index >= 15 is 0 Å². The lowest BCUT2D eigenvalue weighted by Crippen LogP contribution is -1.87. The second-order valence-electron chi connectivity index (χ2n) is 3.01. The van der Waals surface area contributed by atoms with E-state index in [2.05, 4.69) is 24.0 Å². The summed E-state index contributed by atoms with van der Waals surface area (Å²) in [7, 11) is 0. The first-order valence-electron chi connectivity index (χ1n) is 4.80. The molecule has 0 amide bonds. The first kappa shape index (κ1) is 12.7. The zero-order chi connectivity index (χ0) is 10.8. The highest BCUT2D eigenvalue weighted by atomic mass is 16.5. The van der Waals surface area contributed by atoms with E-state index in [-0.39, 0.29) is 5.97 Å². The summed E-state index contributed by atoms with van der Waals surface area (Å²) >= 11 is 0. The zero-order valence-electron chi connectivity index (χ0n) is 8.79. The van der Waals surface area contributed by atoms with Crippen molar-refractivity contribution in [1.29, 1.82) is 0 Å². The molecule has 0 heterocycles. The Morgan fingerprint density at radius 3 is 2.43 bits per heavy atom. The van der Waals surface area contributed by atoms with Crippen LogP contribution in [0.25, 0.3) is 0 Å². The molecule has 1 rings (SSSR count). The van der Waals surface area contributed by atoms with Gasteiger partial charge >= 0.3 is 5.97 Å². The quantitative estimate of drug-likeness (QED) is 0.497. The molecule has 2 nitrogen and oxygen atoms in total. The predicted octanol–water partition coefficient (Wildman–Crippen LogP) is 3.37. The smallest absolute Gasteiger partial charge is 0.307 e. The third kappa shape index (κ3) is 7.35. The second kappa shape index (κ2) is 8.30. The Hall–Kier alpha value is -1.31. The summed E-state index contributed by atoms with van der Waals surface area (Å²) in [4.78, 5) is 9.75. The Kier molecular flexibility index (Phi) is 7.52. The number of allylic oxidation sites excluding steroid dienone is 3. The number of esters is 1. The maximum Gasteiger partial charge on any atom is 0.307 e. The number of ether oxygens (including phenoxy) is 1. The molecule has 0 saturated carbocycles. The normalized spacial score (nSPS) is 14.2. The Morgan fingerprint density at radius 2 is 2.21 bits per heavy atom. The molecule has 1 aliphatic carbocycles. The van der Waals surface area contributed by atoms with Crippen molar-refractivity contribution in [1.82, 2.24) is 0 Å². The Labute approximate surface area is 86.0 Å². The molecule has 0 radical (unpaired) electrons. The van der Waals surface area contributed by atoms with Crippen molar-refractivity contribution in [2.45, 2.75) is 32.6 Å². The minimum atomic E-state index is -0.329. The van der Waals surface area contributed by atoms with Crippen molar-refractivity contribution in [3.63, 3.8) is 0 Å². The van der Waals surface area contributed by atoms with Gasteiger partial charge < -0.3 is 4.74 Å². The first-order chi connectivity index (χ1) is 6.70. The van der Waals surface area contributed by atoms with Gasteiger partial charge in [0.15, 0.2) is 0 Å². The highest BCUT2D eigenvalue weighted by molar-refractivity contribution is 5.66. The molecular weight excluding hydrogens is 176 g/mol. The van der Waals surface area contributed by atoms with Crippen LogP contribution in [0.3, 0.4) is 0 Å². The molecule has 0 spiro atoms. The van der Waals surface area contributed by atoms with Crippen molar-refractivity contribution in [3.05, 3.63) is 37.1 Å². The van der Waals surface area contributed by atoms with Crippen LogP contribution in [-0.2, 0) is 9.53 Å². The fraction of sp³-hybridized carbons (Fsp3) is 0.417. The van der Waals surface area contributed by atoms with Crippen LogP contribution in [0.1, 0.15) is 32.6 Å². The van der Waals surface area contributed by atoms with Crippen molar-refractivity contribution in [2.24, 2.45) is 0 Å². The zero-order valence-corrected chi connectivity index (χ0v) is 8.79. The number of hydrogen-bond acceptors (Lipinski definition) is 2. The first-order valence-corrected chi connectivity index (χ1v) is 4.80. The highest BCUT2D eigenvalue weighted by Gasteiger charge is 1.97. The molecule has 0 aliphatic heterocycles. The highest BCUT2D eigenvalue weighted by Crippen LogP contribution is 2.16. The molecule has 0 aromatic carbocycles. The SMILES string of the molecule is C=CC1=CCCCC1.C=COC(C)=O. The minimum absolute atomic E-state index is 0.329. The van der Waals surface area contributed by atoms with Gasteiger partial charge in [0, 0.05) is 6.92 Å². The summed E-state index contributed by atoms with van der Waals surface area (Å²) in [5.74, 6) is -0.329. The fourth-order valence-corrected chi connectivity index (χ4v) is 1.17. The molecule has 0 bridgehead atoms. The number of hydrogen-bond donors (Lipinski definition) is 0. The van der Waals surface area contributed by atoms with Crippen molar-refractivity contribution < 1.29 is 9.53 Å². The summed E-state index contributed by atoms with van der Waals surface area (Å²) in [6.45, 7) is 8.19. The summed E-state index contributed by atoms with van der Waals surface area (Å²) < 4.78 is 4.17. The summed E-state index contributed by atoms with van der Waals surface area (Å²) in [6.07, 6.45) is 10.6. The molecular formula is C12H18O2. The summed E-state index contributed by atoms with van der Waals surface area (Å²) in [5.41, 5.74) is 1.44. The molecule has 0 fully saturated rings. The topological polar surface area (TPSA) is 26.3 Å². The number of carbonyl (C=O) groups excluding carboxylic acids is 1. The molecule has 0 aromatic heterocycles. The average Bonchev–Trinajstić information content (AvgIpc) is 2.20. The molecule has 0 N–H and O–H groups in total. The van der Waals surface area contributed by atoms with E-state index in [4.69, 9.17) is 0 Å². The maximum atomic E-state index is 9.75. The van der Waals surface area contributed by atoms with Gasteiger partial charge in [-0.15, -0.1) is 0 Å². The van der Waals surface area contributed by atoms with Gasteiger partial charge in [0.2, 0.25) is 0 Å². The second-order valence-corrected chi connectivity index (χ2v) is 3.01. The summed E-state index contributed by atoms with van der Waals surface area (Å²) in [6, 6.07) is 0. The van der Waals surface area contributed by atoms with Crippen LogP contribution in [0.2, 0.25) is 0 Å². The fourth-order valence-electron chi connectivity index (χ4n) is 1.17. The minimum Gasteiger partial charge on any atom is -0.435 e. The maximum absolute atomic E-state index is 9.75. The Balaban J connectivity index is 0.000000255. The van der Waals surface area contributed by atoms with E-state index in [0.717, 1.165) is 6.26 Å². The predicted molar refractivity (Wildman–Crippen MR) is 58.7 cm³/mol. The van der Waals surface area contributed by atoms with Crippen molar-refractivity contribution >= 4 is 5.97 Å². The van der Waals surface area contributed by atoms with Gasteiger partial charge in [0.25, 0.3) is 0 Å². The van der Waals surface area contributed by atoms with Gasteiger partial charge in [-0.25, -0.2) is 0 Å². The van der Waals surface area contributed by atoms with E-state index in [1.807, 2.05) is 6.08 Å². The molecule has 78 valence electrons. The van der Waals surface area contributed by atoms with E-state index in [9.17, 15) is 4.79 Å². The monoisotopic (exact) mass is 194 g/mol.